The van der Waals surface area contributed by atoms with E-state index in [1.54, 1.807) is 4.68 Å². The lowest BCUT2D eigenvalue weighted by molar-refractivity contribution is -0.0113. The second-order valence-corrected chi connectivity index (χ2v) is 5.68. The van der Waals surface area contributed by atoms with Crippen LogP contribution in [0, 0.1) is 0 Å². The maximum absolute atomic E-state index is 10.4. The summed E-state index contributed by atoms with van der Waals surface area (Å²) in [7, 11) is 0. The van der Waals surface area contributed by atoms with E-state index in [0.717, 1.165) is 12.1 Å². The van der Waals surface area contributed by atoms with Crippen molar-refractivity contribution in [1.29, 1.82) is 0 Å². The molecule has 0 atom stereocenters. The highest BCUT2D eigenvalue weighted by molar-refractivity contribution is 5.71. The Bertz CT molecular complexity index is 504. The summed E-state index contributed by atoms with van der Waals surface area (Å²) in [6.07, 6.45) is 2.81. The molecule has 0 fully saturated rings. The number of rotatable bonds is 19. The summed E-state index contributed by atoms with van der Waals surface area (Å²) in [5.74, 6) is 0. The van der Waals surface area contributed by atoms with Crippen LogP contribution in [0.25, 0.3) is 0 Å². The average Bonchev–Trinajstić information content (AvgIpc) is 3.22. The number of amides is 2. The van der Waals surface area contributed by atoms with E-state index in [-0.39, 0.29) is 0 Å². The van der Waals surface area contributed by atoms with Crippen molar-refractivity contribution in [3.05, 3.63) is 11.9 Å². The fourth-order valence-corrected chi connectivity index (χ4v) is 2.00. The number of ether oxygens (including phenoxy) is 5. The number of urea groups is 1. The highest BCUT2D eigenvalue weighted by Crippen LogP contribution is 1.93. The van der Waals surface area contributed by atoms with Crippen LogP contribution >= 0.6 is 0 Å². The van der Waals surface area contributed by atoms with Crippen molar-refractivity contribution in [1.82, 2.24) is 20.3 Å². The highest BCUT2D eigenvalue weighted by Gasteiger charge is 1.98. The lowest BCUT2D eigenvalue weighted by Crippen LogP contribution is -2.32. The van der Waals surface area contributed by atoms with E-state index < -0.39 is 6.03 Å². The van der Waals surface area contributed by atoms with Crippen molar-refractivity contribution < 1.29 is 28.5 Å². The number of nitrogens with two attached hydrogens (primary N) is 1. The molecule has 0 aliphatic carbocycles. The van der Waals surface area contributed by atoms with Crippen molar-refractivity contribution in [2.24, 2.45) is 5.73 Å². The van der Waals surface area contributed by atoms with E-state index in [4.69, 9.17) is 29.4 Å². The van der Waals surface area contributed by atoms with Crippen molar-refractivity contribution >= 4 is 6.03 Å². The van der Waals surface area contributed by atoms with Gasteiger partial charge in [0.15, 0.2) is 0 Å². The first-order valence-electron chi connectivity index (χ1n) is 10.5. The van der Waals surface area contributed by atoms with Crippen LogP contribution in [0.1, 0.15) is 26.5 Å². The summed E-state index contributed by atoms with van der Waals surface area (Å²) in [4.78, 5) is 10.4. The van der Waals surface area contributed by atoms with Crippen LogP contribution in [-0.4, -0.2) is 93.6 Å². The van der Waals surface area contributed by atoms with Crippen LogP contribution < -0.4 is 11.1 Å². The molecule has 0 aromatic carbocycles. The van der Waals surface area contributed by atoms with Crippen molar-refractivity contribution in [2.75, 3.05) is 72.6 Å². The first-order valence-corrected chi connectivity index (χ1v) is 10.5. The molecule has 0 aliphatic heterocycles. The molecule has 1 aromatic rings. The maximum atomic E-state index is 10.4. The number of carbonyl (C=O) groups is 1. The van der Waals surface area contributed by atoms with E-state index in [1.807, 2.05) is 27.0 Å². The third kappa shape index (κ3) is 18.3. The molecule has 0 aliphatic rings. The third-order valence-electron chi connectivity index (χ3n) is 3.45. The zero-order valence-electron chi connectivity index (χ0n) is 18.6. The molecule has 0 radical (unpaired) electrons. The quantitative estimate of drug-likeness (QED) is 0.304. The molecule has 176 valence electrons. The van der Waals surface area contributed by atoms with Crippen LogP contribution in [0.2, 0.25) is 0 Å². The summed E-state index contributed by atoms with van der Waals surface area (Å²) in [5, 5.41) is 10.5. The Balaban J connectivity index is 0.00000407. The van der Waals surface area contributed by atoms with Gasteiger partial charge in [0.1, 0.15) is 0 Å². The minimum Gasteiger partial charge on any atom is -0.377 e. The fraction of sp³-hybridized carbons (Fsp3) is 0.842. The summed E-state index contributed by atoms with van der Waals surface area (Å²) in [6, 6.07) is -0.554. The van der Waals surface area contributed by atoms with Gasteiger partial charge in [0.2, 0.25) is 0 Å². The van der Waals surface area contributed by atoms with Gasteiger partial charge in [0, 0.05) is 12.7 Å². The predicted molar refractivity (Wildman–Crippen MR) is 112 cm³/mol. The van der Waals surface area contributed by atoms with Crippen LogP contribution in [0.3, 0.4) is 0 Å². The molecule has 3 N–H and O–H groups in total. The molecular weight excluding hydrogens is 394 g/mol. The summed E-state index contributed by atoms with van der Waals surface area (Å²) < 4.78 is 28.7. The predicted octanol–water partition coefficient (Wildman–Crippen LogP) is 0.618. The normalized spacial score (nSPS) is 10.5. The molecule has 11 heteroatoms. The molecule has 0 saturated heterocycles. The molecule has 0 unspecified atom stereocenters. The van der Waals surface area contributed by atoms with Crippen molar-refractivity contribution in [3.8, 4) is 0 Å². The Kier molecular flexibility index (Phi) is 20.6. The number of hydrogen-bond acceptors (Lipinski definition) is 8. The Hall–Kier alpha value is -1.79. The van der Waals surface area contributed by atoms with Gasteiger partial charge in [-0.1, -0.05) is 26.0 Å². The second kappa shape index (κ2) is 21.9. The molecule has 1 rings (SSSR count). The van der Waals surface area contributed by atoms with Gasteiger partial charge in [-0.2, -0.15) is 0 Å². The fourth-order valence-electron chi connectivity index (χ4n) is 2.00. The number of aromatic nitrogens is 3. The molecule has 2 amide bonds. The minimum atomic E-state index is -0.554. The minimum absolute atomic E-state index is 0.394. The Morgan fingerprint density at radius 2 is 1.37 bits per heavy atom. The third-order valence-corrected chi connectivity index (χ3v) is 3.45. The topological polar surface area (TPSA) is 132 Å². The highest BCUT2D eigenvalue weighted by atomic mass is 16.6. The van der Waals surface area contributed by atoms with Gasteiger partial charge in [-0.05, 0) is 6.42 Å². The SMILES string of the molecule is CC.CCc1cn(CCOCCOCCOCCOCCOCCNC(N)=O)nn1. The first kappa shape index (κ1) is 28.2. The molecule has 0 spiro atoms. The molecule has 0 bridgehead atoms. The number of primary amides is 1. The van der Waals surface area contributed by atoms with Crippen LogP contribution in [-0.2, 0) is 36.6 Å². The lowest BCUT2D eigenvalue weighted by atomic mass is 10.4. The van der Waals surface area contributed by atoms with Gasteiger partial charge in [-0.25, -0.2) is 9.48 Å². The zero-order chi connectivity index (χ0) is 22.3. The van der Waals surface area contributed by atoms with E-state index in [1.165, 1.54) is 0 Å². The van der Waals surface area contributed by atoms with E-state index >= 15 is 0 Å². The second-order valence-electron chi connectivity index (χ2n) is 5.68. The molecule has 1 heterocycles. The van der Waals surface area contributed by atoms with Crippen molar-refractivity contribution in [3.63, 3.8) is 0 Å². The van der Waals surface area contributed by atoms with Crippen LogP contribution in [0.5, 0.6) is 0 Å². The van der Waals surface area contributed by atoms with Gasteiger partial charge < -0.3 is 34.7 Å². The number of carbonyl (C=O) groups excluding carboxylic acids is 1. The summed E-state index contributed by atoms with van der Waals surface area (Å²) in [6.45, 7) is 12.1. The van der Waals surface area contributed by atoms with E-state index in [9.17, 15) is 4.79 Å². The standard InChI is InChI=1S/C17H33N5O6.C2H6/c1-2-16-15-22(21-20-16)4-6-25-8-10-27-12-14-28-13-11-26-9-7-24-5-3-19-17(18)23;1-2/h15H,2-14H2,1H3,(H3,18,19,23);1-2H3. The number of hydrogen-bond donors (Lipinski definition) is 2. The number of nitrogens with zero attached hydrogens (tertiary/aromatic N) is 3. The zero-order valence-corrected chi connectivity index (χ0v) is 18.6. The average molecular weight is 434 g/mol. The summed E-state index contributed by atoms with van der Waals surface area (Å²) in [5.41, 5.74) is 5.90. The monoisotopic (exact) mass is 433 g/mol. The van der Waals surface area contributed by atoms with Gasteiger partial charge in [0.05, 0.1) is 78.3 Å². The largest absolute Gasteiger partial charge is 0.377 e. The van der Waals surface area contributed by atoms with Gasteiger partial charge >= 0.3 is 6.03 Å². The van der Waals surface area contributed by atoms with Crippen LogP contribution in [0.15, 0.2) is 6.20 Å². The van der Waals surface area contributed by atoms with E-state index in [2.05, 4.69) is 15.6 Å². The maximum Gasteiger partial charge on any atom is 0.312 e. The molecule has 11 nitrogen and oxygen atoms in total. The van der Waals surface area contributed by atoms with Gasteiger partial charge in [-0.15, -0.1) is 5.10 Å². The Labute approximate surface area is 179 Å². The van der Waals surface area contributed by atoms with Gasteiger partial charge in [0.25, 0.3) is 0 Å². The summed E-state index contributed by atoms with van der Waals surface area (Å²) >= 11 is 0. The van der Waals surface area contributed by atoms with E-state index in [0.29, 0.717) is 79.2 Å². The number of nitrogens with one attached hydrogen (secondary N) is 1. The molecule has 30 heavy (non-hydrogen) atoms. The smallest absolute Gasteiger partial charge is 0.312 e. The lowest BCUT2D eigenvalue weighted by Gasteiger charge is -2.08. The number of aryl methyl sites for hydroxylation is 1. The van der Waals surface area contributed by atoms with Gasteiger partial charge in [-0.3, -0.25) is 0 Å². The molecule has 0 saturated carbocycles. The molecule has 1 aromatic heterocycles. The first-order chi connectivity index (χ1) is 14.7. The Morgan fingerprint density at radius 1 is 0.900 bits per heavy atom. The van der Waals surface area contributed by atoms with Crippen molar-refractivity contribution in [2.45, 2.75) is 33.7 Å². The Morgan fingerprint density at radius 3 is 1.80 bits per heavy atom. The molecular formula is C19H39N5O6. The van der Waals surface area contributed by atoms with Crippen LogP contribution in [0.4, 0.5) is 4.79 Å².